The van der Waals surface area contributed by atoms with Crippen LogP contribution in [0.4, 0.5) is 0 Å². The van der Waals surface area contributed by atoms with Gasteiger partial charge in [0.1, 0.15) is 5.75 Å². The lowest BCUT2D eigenvalue weighted by molar-refractivity contribution is 0.0315. The summed E-state index contributed by atoms with van der Waals surface area (Å²) in [5.74, 6) is 2.42. The summed E-state index contributed by atoms with van der Waals surface area (Å²) < 4.78 is 13.1. The molecule has 6 nitrogen and oxygen atoms in total. The quantitative estimate of drug-likeness (QED) is 0.818. The Labute approximate surface area is 140 Å². The fourth-order valence-corrected chi connectivity index (χ4v) is 3.68. The van der Waals surface area contributed by atoms with Gasteiger partial charge in [-0.25, -0.2) is 0 Å². The van der Waals surface area contributed by atoms with Crippen LogP contribution in [0, 0.1) is 0 Å². The number of aromatic nitrogens is 3. The van der Waals surface area contributed by atoms with Gasteiger partial charge >= 0.3 is 0 Å². The maximum absolute atomic E-state index is 5.82. The number of hydrogen-bond acceptors (Lipinski definition) is 6. The van der Waals surface area contributed by atoms with E-state index in [1.54, 1.807) is 18.9 Å². The van der Waals surface area contributed by atoms with Gasteiger partial charge in [-0.2, -0.15) is 0 Å². The van der Waals surface area contributed by atoms with Crippen LogP contribution in [-0.2, 0) is 11.3 Å². The van der Waals surface area contributed by atoms with E-state index >= 15 is 0 Å². The third-order valence-corrected chi connectivity index (χ3v) is 4.93. The zero-order valence-corrected chi connectivity index (χ0v) is 14.1. The first-order valence-electron chi connectivity index (χ1n) is 7.85. The van der Waals surface area contributed by atoms with Crippen molar-refractivity contribution in [1.82, 2.24) is 14.8 Å². The van der Waals surface area contributed by atoms with Crippen LogP contribution in [0.1, 0.15) is 25.1 Å². The van der Waals surface area contributed by atoms with E-state index in [-0.39, 0.29) is 0 Å². The van der Waals surface area contributed by atoms with Gasteiger partial charge in [-0.1, -0.05) is 17.8 Å². The number of nitrogens with zero attached hydrogens (tertiary/aromatic N) is 3. The van der Waals surface area contributed by atoms with Crippen LogP contribution in [0.3, 0.4) is 0 Å². The van der Waals surface area contributed by atoms with E-state index in [1.807, 2.05) is 28.8 Å². The van der Waals surface area contributed by atoms with Crippen molar-refractivity contribution in [2.75, 3.05) is 19.5 Å². The van der Waals surface area contributed by atoms with Gasteiger partial charge in [0.15, 0.2) is 11.0 Å². The summed E-state index contributed by atoms with van der Waals surface area (Å²) in [6.07, 6.45) is 3.82. The number of methoxy groups -OCH3 is 1. The molecule has 0 amide bonds. The summed E-state index contributed by atoms with van der Waals surface area (Å²) in [4.78, 5) is 0. The first-order chi connectivity index (χ1) is 11.3. The largest absolute Gasteiger partial charge is 0.497 e. The first-order valence-corrected chi connectivity index (χ1v) is 8.83. The Balaban J connectivity index is 1.81. The minimum atomic E-state index is 0.297. The van der Waals surface area contributed by atoms with Crippen LogP contribution in [0.15, 0.2) is 29.4 Å². The molecule has 0 bridgehead atoms. The Kier molecular flexibility index (Phi) is 5.53. The average molecular weight is 334 g/mol. The van der Waals surface area contributed by atoms with Crippen LogP contribution in [0.2, 0.25) is 0 Å². The molecule has 7 heteroatoms. The minimum Gasteiger partial charge on any atom is -0.497 e. The van der Waals surface area contributed by atoms with Crippen LogP contribution >= 0.6 is 11.8 Å². The smallest absolute Gasteiger partial charge is 0.195 e. The average Bonchev–Trinajstić information content (AvgIpc) is 3.04. The first kappa shape index (κ1) is 16.3. The molecular weight excluding hydrogens is 312 g/mol. The van der Waals surface area contributed by atoms with Crippen molar-refractivity contribution in [3.05, 3.63) is 30.1 Å². The highest BCUT2D eigenvalue weighted by Crippen LogP contribution is 2.27. The number of hydrogen-bond donors (Lipinski definition) is 1. The highest BCUT2D eigenvalue weighted by atomic mass is 32.2. The van der Waals surface area contributed by atoms with E-state index in [1.165, 1.54) is 12.8 Å². The molecule has 0 unspecified atom stereocenters. The molecule has 3 rings (SSSR count). The summed E-state index contributed by atoms with van der Waals surface area (Å²) in [6.45, 7) is 1.20. The van der Waals surface area contributed by atoms with Gasteiger partial charge in [-0.15, -0.1) is 10.2 Å². The van der Waals surface area contributed by atoms with Crippen molar-refractivity contribution < 1.29 is 9.47 Å². The fraction of sp³-hybridized carbons (Fsp3) is 0.500. The lowest BCUT2D eigenvalue weighted by atomic mass is 10.1. The van der Waals surface area contributed by atoms with Crippen molar-refractivity contribution in [3.8, 4) is 11.4 Å². The minimum absolute atomic E-state index is 0.297. The molecule has 0 radical (unpaired) electrons. The zero-order chi connectivity index (χ0) is 16.1. The molecule has 1 aliphatic heterocycles. The predicted molar refractivity (Wildman–Crippen MR) is 90.1 cm³/mol. The SMILES string of the molecule is COc1cccc(-n2c(CN)nnc2SC[C@@H]2CCCCO2)c1. The standard InChI is InChI=1S/C16H22N4O2S/c1-21-13-7-4-5-12(9-13)20-15(10-17)18-19-16(20)23-11-14-6-2-3-8-22-14/h4-5,7,9,14H,2-3,6,8,10-11,17H2,1H3/t14-/m0/s1. The number of ether oxygens (including phenoxy) is 2. The Morgan fingerprint density at radius 1 is 1.39 bits per heavy atom. The number of nitrogens with two attached hydrogens (primary N) is 1. The van der Waals surface area contributed by atoms with Crippen molar-refractivity contribution >= 4 is 11.8 Å². The highest BCUT2D eigenvalue weighted by molar-refractivity contribution is 7.99. The van der Waals surface area contributed by atoms with Gasteiger partial charge in [-0.05, 0) is 31.4 Å². The van der Waals surface area contributed by atoms with Gasteiger partial charge < -0.3 is 15.2 Å². The molecule has 1 atom stereocenters. The summed E-state index contributed by atoms with van der Waals surface area (Å²) in [5.41, 5.74) is 6.78. The van der Waals surface area contributed by atoms with Crippen LogP contribution in [-0.4, -0.2) is 40.3 Å². The molecular formula is C16H22N4O2S. The molecule has 1 fully saturated rings. The third-order valence-electron chi connectivity index (χ3n) is 3.87. The second kappa shape index (κ2) is 7.81. The summed E-state index contributed by atoms with van der Waals surface area (Å²) >= 11 is 1.67. The van der Waals surface area contributed by atoms with Gasteiger partial charge in [0.25, 0.3) is 0 Å². The van der Waals surface area contributed by atoms with Crippen molar-refractivity contribution in [3.63, 3.8) is 0 Å². The maximum Gasteiger partial charge on any atom is 0.195 e. The summed E-state index contributed by atoms with van der Waals surface area (Å²) in [7, 11) is 1.66. The Morgan fingerprint density at radius 2 is 2.30 bits per heavy atom. The number of rotatable bonds is 6. The van der Waals surface area contributed by atoms with Crippen LogP contribution < -0.4 is 10.5 Å². The predicted octanol–water partition coefficient (Wildman–Crippen LogP) is 2.40. The lowest BCUT2D eigenvalue weighted by Crippen LogP contribution is -2.21. The molecule has 23 heavy (non-hydrogen) atoms. The second-order valence-corrected chi connectivity index (χ2v) is 6.43. The molecule has 1 aromatic heterocycles. The van der Waals surface area contributed by atoms with E-state index in [0.29, 0.717) is 12.6 Å². The normalized spacial score (nSPS) is 18.1. The number of thioether (sulfide) groups is 1. The monoisotopic (exact) mass is 334 g/mol. The number of benzene rings is 1. The molecule has 1 saturated heterocycles. The van der Waals surface area contributed by atoms with Gasteiger partial charge in [0, 0.05) is 18.4 Å². The fourth-order valence-electron chi connectivity index (χ4n) is 2.64. The van der Waals surface area contributed by atoms with E-state index < -0.39 is 0 Å². The molecule has 2 N–H and O–H groups in total. The molecule has 0 saturated carbocycles. The summed E-state index contributed by atoms with van der Waals surface area (Å²) in [6, 6.07) is 7.84. The molecule has 0 aliphatic carbocycles. The molecule has 1 aromatic carbocycles. The van der Waals surface area contributed by atoms with Gasteiger partial charge in [-0.3, -0.25) is 4.57 Å². The second-order valence-electron chi connectivity index (χ2n) is 5.44. The maximum atomic E-state index is 5.82. The third kappa shape index (κ3) is 3.85. The van der Waals surface area contributed by atoms with E-state index in [0.717, 1.165) is 41.2 Å². The van der Waals surface area contributed by atoms with E-state index in [2.05, 4.69) is 10.2 Å². The van der Waals surface area contributed by atoms with Crippen LogP contribution in [0.25, 0.3) is 5.69 Å². The highest BCUT2D eigenvalue weighted by Gasteiger charge is 2.18. The molecule has 2 heterocycles. The molecule has 0 spiro atoms. The zero-order valence-electron chi connectivity index (χ0n) is 13.3. The Bertz CT molecular complexity index is 641. The van der Waals surface area contributed by atoms with Gasteiger partial charge in [0.2, 0.25) is 0 Å². The Hall–Kier alpha value is -1.57. The van der Waals surface area contributed by atoms with Crippen LogP contribution in [0.5, 0.6) is 5.75 Å². The molecule has 1 aliphatic rings. The van der Waals surface area contributed by atoms with E-state index in [4.69, 9.17) is 15.2 Å². The lowest BCUT2D eigenvalue weighted by Gasteiger charge is -2.22. The summed E-state index contributed by atoms with van der Waals surface area (Å²) in [5, 5.41) is 9.36. The van der Waals surface area contributed by atoms with Crippen molar-refractivity contribution in [1.29, 1.82) is 0 Å². The van der Waals surface area contributed by atoms with Gasteiger partial charge in [0.05, 0.1) is 25.4 Å². The topological polar surface area (TPSA) is 75.2 Å². The molecule has 2 aromatic rings. The van der Waals surface area contributed by atoms with Crippen molar-refractivity contribution in [2.24, 2.45) is 5.73 Å². The van der Waals surface area contributed by atoms with E-state index in [9.17, 15) is 0 Å². The molecule has 124 valence electrons. The van der Waals surface area contributed by atoms with Crippen molar-refractivity contribution in [2.45, 2.75) is 37.1 Å². The Morgan fingerprint density at radius 3 is 3.04 bits per heavy atom.